The van der Waals surface area contributed by atoms with E-state index in [-0.39, 0.29) is 12.7 Å². The van der Waals surface area contributed by atoms with E-state index in [0.29, 0.717) is 23.7 Å². The molecule has 168 valence electrons. The van der Waals surface area contributed by atoms with Crippen molar-refractivity contribution in [2.24, 2.45) is 4.99 Å². The summed E-state index contributed by atoms with van der Waals surface area (Å²) in [5.41, 5.74) is 2.88. The van der Waals surface area contributed by atoms with E-state index < -0.39 is 24.5 Å². The van der Waals surface area contributed by atoms with Crippen molar-refractivity contribution in [3.8, 4) is 0 Å². The molecule has 1 aromatic carbocycles. The Labute approximate surface area is 185 Å². The van der Waals surface area contributed by atoms with E-state index in [2.05, 4.69) is 19.9 Å². The minimum absolute atomic E-state index is 0.288. The Morgan fingerprint density at radius 3 is 2.75 bits per heavy atom. The highest BCUT2D eigenvalue weighted by Gasteiger charge is 2.46. The number of rotatable bonds is 4. The van der Waals surface area contributed by atoms with Crippen LogP contribution in [-0.2, 0) is 14.2 Å². The van der Waals surface area contributed by atoms with Gasteiger partial charge in [0.1, 0.15) is 23.8 Å². The van der Waals surface area contributed by atoms with E-state index in [9.17, 15) is 5.11 Å². The molecule has 10 nitrogen and oxygen atoms in total. The molecule has 10 heteroatoms. The third-order valence-electron chi connectivity index (χ3n) is 5.69. The van der Waals surface area contributed by atoms with Crippen molar-refractivity contribution < 1.29 is 19.3 Å². The van der Waals surface area contributed by atoms with Crippen LogP contribution in [0.3, 0.4) is 0 Å². The lowest BCUT2D eigenvalue weighted by molar-refractivity contribution is -0.306. The smallest absolute Gasteiger partial charge is 0.253 e. The minimum atomic E-state index is -0.828. The second kappa shape index (κ2) is 8.55. The Morgan fingerprint density at radius 1 is 1.16 bits per heavy atom. The summed E-state index contributed by atoms with van der Waals surface area (Å²) in [6.45, 7) is 2.51. The van der Waals surface area contributed by atoms with Gasteiger partial charge >= 0.3 is 0 Å². The van der Waals surface area contributed by atoms with Gasteiger partial charge in [0.05, 0.1) is 37.6 Å². The Hall–Kier alpha value is -2.92. The predicted octanol–water partition coefficient (Wildman–Crippen LogP) is 1.77. The first kappa shape index (κ1) is 21.0. The zero-order valence-electron chi connectivity index (χ0n) is 18.2. The summed E-state index contributed by atoms with van der Waals surface area (Å²) in [6, 6.07) is 9.26. The number of aliphatic imine (C=N–C) groups is 1. The Kier molecular flexibility index (Phi) is 5.60. The summed E-state index contributed by atoms with van der Waals surface area (Å²) in [5, 5.41) is 11.3. The molecule has 0 saturated carbocycles. The molecule has 5 rings (SSSR count). The summed E-state index contributed by atoms with van der Waals surface area (Å²) >= 11 is 0. The highest BCUT2D eigenvalue weighted by molar-refractivity contribution is 5.75. The number of fused-ring (bicyclic) bond motifs is 2. The summed E-state index contributed by atoms with van der Waals surface area (Å²) in [4.78, 5) is 19.6. The van der Waals surface area contributed by atoms with E-state index in [4.69, 9.17) is 14.2 Å². The fourth-order valence-corrected chi connectivity index (χ4v) is 4.07. The molecule has 5 atom stereocenters. The van der Waals surface area contributed by atoms with Gasteiger partial charge < -0.3 is 28.8 Å². The molecule has 3 aromatic rings. The molecule has 5 unspecified atom stereocenters. The Bertz CT molecular complexity index is 1120. The molecule has 0 radical (unpaired) electrons. The lowest BCUT2D eigenvalue weighted by atomic mass is 9.97. The lowest BCUT2D eigenvalue weighted by Gasteiger charge is -2.45. The zero-order chi connectivity index (χ0) is 22.2. The monoisotopic (exact) mass is 438 g/mol. The second-order valence-corrected chi connectivity index (χ2v) is 8.25. The van der Waals surface area contributed by atoms with Gasteiger partial charge in [-0.1, -0.05) is 30.3 Å². The molecule has 32 heavy (non-hydrogen) atoms. The molecule has 1 N–H and O–H groups in total. The molecule has 2 aromatic heterocycles. The van der Waals surface area contributed by atoms with Gasteiger partial charge in [0, 0.05) is 19.7 Å². The number of imidazole rings is 1. The number of nitrogens with zero attached hydrogens (tertiary/aromatic N) is 6. The number of aromatic nitrogens is 4. The second-order valence-electron chi connectivity index (χ2n) is 8.25. The number of ether oxygens (including phenoxy) is 3. The van der Waals surface area contributed by atoms with Crippen molar-refractivity contribution in [1.29, 1.82) is 0 Å². The fraction of sp³-hybridized carbons (Fsp3) is 0.455. The molecule has 2 fully saturated rings. The van der Waals surface area contributed by atoms with Crippen LogP contribution in [0, 0.1) is 6.92 Å². The highest BCUT2D eigenvalue weighted by atomic mass is 16.7. The molecule has 0 bridgehead atoms. The molecule has 2 saturated heterocycles. The Balaban J connectivity index is 1.44. The molecule has 0 spiro atoms. The van der Waals surface area contributed by atoms with Crippen LogP contribution in [0.25, 0.3) is 11.2 Å². The van der Waals surface area contributed by atoms with Gasteiger partial charge in [-0.15, -0.1) is 0 Å². The van der Waals surface area contributed by atoms with Crippen molar-refractivity contribution in [2.75, 3.05) is 27.3 Å². The molecule has 0 aliphatic carbocycles. The molecule has 0 amide bonds. The van der Waals surface area contributed by atoms with Gasteiger partial charge in [0.2, 0.25) is 0 Å². The standard InChI is InChI=1S/C22H26N6O4/c1-13-17-20(26-22(25-13)24-11-27(2)3)28(12-23-17)15-9-30-16-10-31-21(32-19(16)18(15)29)14-7-5-4-6-8-14/h4-8,11-12,15-16,18-19,21,29H,9-10H2,1-3H3. The number of hydrogen-bond acceptors (Lipinski definition) is 8. The van der Waals surface area contributed by atoms with Crippen LogP contribution >= 0.6 is 0 Å². The molecular weight excluding hydrogens is 412 g/mol. The van der Waals surface area contributed by atoms with Crippen LogP contribution in [0.1, 0.15) is 23.6 Å². The third kappa shape index (κ3) is 3.86. The van der Waals surface area contributed by atoms with Crippen LogP contribution in [0.2, 0.25) is 0 Å². The van der Waals surface area contributed by atoms with Crippen molar-refractivity contribution >= 4 is 23.5 Å². The van der Waals surface area contributed by atoms with E-state index in [1.54, 1.807) is 12.7 Å². The van der Waals surface area contributed by atoms with Crippen LogP contribution < -0.4 is 0 Å². The average molecular weight is 438 g/mol. The maximum absolute atomic E-state index is 11.3. The number of hydrogen-bond donors (Lipinski definition) is 1. The minimum Gasteiger partial charge on any atom is -0.388 e. The largest absolute Gasteiger partial charge is 0.388 e. The number of aliphatic hydroxyl groups is 1. The van der Waals surface area contributed by atoms with E-state index in [1.165, 1.54) is 0 Å². The summed E-state index contributed by atoms with van der Waals surface area (Å²) < 4.78 is 19.8. The van der Waals surface area contributed by atoms with Gasteiger partial charge in [0.15, 0.2) is 11.9 Å². The molecule has 4 heterocycles. The van der Waals surface area contributed by atoms with Gasteiger partial charge in [-0.25, -0.2) is 15.0 Å². The zero-order valence-corrected chi connectivity index (χ0v) is 18.2. The van der Waals surface area contributed by atoms with Crippen molar-refractivity contribution in [2.45, 2.75) is 37.6 Å². The highest BCUT2D eigenvalue weighted by Crippen LogP contribution is 2.36. The summed E-state index contributed by atoms with van der Waals surface area (Å²) in [7, 11) is 3.75. The van der Waals surface area contributed by atoms with Crippen LogP contribution in [0.4, 0.5) is 5.95 Å². The lowest BCUT2D eigenvalue weighted by Crippen LogP contribution is -2.56. The SMILES string of the molecule is Cc1nc(N=CN(C)C)nc2c1ncn2C1COC2COC(c3ccccc3)OC2C1O. The first-order valence-corrected chi connectivity index (χ1v) is 10.5. The quantitative estimate of drug-likeness (QED) is 0.485. The predicted molar refractivity (Wildman–Crippen MR) is 117 cm³/mol. The van der Waals surface area contributed by atoms with Gasteiger partial charge in [0.25, 0.3) is 5.95 Å². The van der Waals surface area contributed by atoms with Crippen LogP contribution in [0.5, 0.6) is 0 Å². The maximum atomic E-state index is 11.3. The topological polar surface area (TPSA) is 107 Å². The van der Waals surface area contributed by atoms with Gasteiger partial charge in [-0.2, -0.15) is 4.98 Å². The van der Waals surface area contributed by atoms with Crippen molar-refractivity contribution in [1.82, 2.24) is 24.4 Å². The molecular formula is C22H26N6O4. The summed E-state index contributed by atoms with van der Waals surface area (Å²) in [6.07, 6.45) is 1.05. The number of benzene rings is 1. The van der Waals surface area contributed by atoms with Crippen LogP contribution in [0.15, 0.2) is 41.7 Å². The van der Waals surface area contributed by atoms with E-state index in [0.717, 1.165) is 11.3 Å². The first-order valence-electron chi connectivity index (χ1n) is 10.5. The van der Waals surface area contributed by atoms with E-state index >= 15 is 0 Å². The Morgan fingerprint density at radius 2 is 1.97 bits per heavy atom. The van der Waals surface area contributed by atoms with Gasteiger partial charge in [-0.05, 0) is 6.92 Å². The maximum Gasteiger partial charge on any atom is 0.253 e. The van der Waals surface area contributed by atoms with Crippen molar-refractivity contribution in [3.63, 3.8) is 0 Å². The fourth-order valence-electron chi connectivity index (χ4n) is 4.07. The van der Waals surface area contributed by atoms with Crippen molar-refractivity contribution in [3.05, 3.63) is 47.9 Å². The normalized spacial score (nSPS) is 28.2. The third-order valence-corrected chi connectivity index (χ3v) is 5.69. The molecule has 2 aliphatic heterocycles. The van der Waals surface area contributed by atoms with Gasteiger partial charge in [-0.3, -0.25) is 0 Å². The first-order chi connectivity index (χ1) is 15.5. The average Bonchev–Trinajstić information content (AvgIpc) is 3.23. The summed E-state index contributed by atoms with van der Waals surface area (Å²) in [5.74, 6) is 0.334. The molecule has 2 aliphatic rings. The van der Waals surface area contributed by atoms with Crippen LogP contribution in [-0.4, -0.2) is 81.5 Å². The van der Waals surface area contributed by atoms with E-state index in [1.807, 2.05) is 60.8 Å². The number of aryl methyl sites for hydroxylation is 1. The number of aliphatic hydroxyl groups excluding tert-OH is 1.